The predicted molar refractivity (Wildman–Crippen MR) is 60.9 cm³/mol. The smallest absolute Gasteiger partial charge is 0.136 e. The molecule has 2 rings (SSSR count). The first-order valence-electron chi connectivity index (χ1n) is 6.07. The molecule has 0 radical (unpaired) electrons. The van der Waals surface area contributed by atoms with Crippen molar-refractivity contribution in [1.29, 1.82) is 0 Å². The third kappa shape index (κ3) is 2.52. The Bertz CT molecular complexity index is 343. The zero-order chi connectivity index (χ0) is 11.5. The van der Waals surface area contributed by atoms with Gasteiger partial charge >= 0.3 is 0 Å². The van der Waals surface area contributed by atoms with E-state index in [0.29, 0.717) is 17.6 Å². The van der Waals surface area contributed by atoms with Crippen LogP contribution < -0.4 is 0 Å². The molecule has 0 aromatic carbocycles. The van der Waals surface area contributed by atoms with E-state index in [9.17, 15) is 4.79 Å². The van der Waals surface area contributed by atoms with E-state index >= 15 is 0 Å². The molecule has 1 aromatic rings. The number of hydrogen-bond acceptors (Lipinski definition) is 3. The Kier molecular flexibility index (Phi) is 3.42. The Morgan fingerprint density at radius 3 is 3.00 bits per heavy atom. The molecule has 0 saturated heterocycles. The van der Waals surface area contributed by atoms with Crippen LogP contribution in [-0.4, -0.2) is 10.9 Å². The lowest BCUT2D eigenvalue weighted by atomic mass is 9.74. The molecule has 88 valence electrons. The van der Waals surface area contributed by atoms with Crippen molar-refractivity contribution in [3.8, 4) is 0 Å². The van der Waals surface area contributed by atoms with Gasteiger partial charge in [-0.15, -0.1) is 0 Å². The van der Waals surface area contributed by atoms with Gasteiger partial charge in [-0.1, -0.05) is 19.0 Å². The van der Waals surface area contributed by atoms with Crippen LogP contribution in [-0.2, 0) is 11.2 Å². The van der Waals surface area contributed by atoms with Crippen molar-refractivity contribution in [3.05, 3.63) is 18.0 Å². The van der Waals surface area contributed by atoms with E-state index in [1.807, 2.05) is 0 Å². The van der Waals surface area contributed by atoms with Gasteiger partial charge in [0.25, 0.3) is 0 Å². The van der Waals surface area contributed by atoms with Crippen LogP contribution in [0, 0.1) is 17.8 Å². The standard InChI is InChI=1S/C13H19NO2/c1-9(2)11-3-4-13(15)12(6-11)5-10-7-14-16-8-10/h7-9,11-12H,3-6H2,1-2H3. The molecule has 2 unspecified atom stereocenters. The summed E-state index contributed by atoms with van der Waals surface area (Å²) < 4.78 is 4.80. The second kappa shape index (κ2) is 4.81. The van der Waals surface area contributed by atoms with Crippen molar-refractivity contribution in [1.82, 2.24) is 5.16 Å². The minimum Gasteiger partial charge on any atom is -0.364 e. The van der Waals surface area contributed by atoms with Gasteiger partial charge in [-0.3, -0.25) is 4.79 Å². The van der Waals surface area contributed by atoms with Crippen molar-refractivity contribution in [2.24, 2.45) is 17.8 Å². The van der Waals surface area contributed by atoms with Crippen molar-refractivity contribution in [2.45, 2.75) is 39.5 Å². The maximum atomic E-state index is 11.8. The lowest BCUT2D eigenvalue weighted by Gasteiger charge is -2.30. The van der Waals surface area contributed by atoms with E-state index in [2.05, 4.69) is 19.0 Å². The van der Waals surface area contributed by atoms with Crippen molar-refractivity contribution >= 4 is 5.78 Å². The van der Waals surface area contributed by atoms with Crippen LogP contribution in [0.5, 0.6) is 0 Å². The second-order valence-electron chi connectivity index (χ2n) is 5.18. The number of hydrogen-bond donors (Lipinski definition) is 0. The molecule has 16 heavy (non-hydrogen) atoms. The largest absolute Gasteiger partial charge is 0.364 e. The lowest BCUT2D eigenvalue weighted by Crippen LogP contribution is -2.28. The molecule has 1 saturated carbocycles. The fraction of sp³-hybridized carbons (Fsp3) is 0.692. The molecule has 0 N–H and O–H groups in total. The average Bonchev–Trinajstić information content (AvgIpc) is 2.73. The second-order valence-corrected chi connectivity index (χ2v) is 5.18. The molecule has 0 aliphatic heterocycles. The first-order chi connectivity index (χ1) is 7.66. The molecule has 0 spiro atoms. The normalized spacial score (nSPS) is 26.3. The topological polar surface area (TPSA) is 43.1 Å². The number of ketones is 1. The molecule has 1 fully saturated rings. The van der Waals surface area contributed by atoms with E-state index in [1.165, 1.54) is 0 Å². The van der Waals surface area contributed by atoms with E-state index in [-0.39, 0.29) is 5.92 Å². The summed E-state index contributed by atoms with van der Waals surface area (Å²) >= 11 is 0. The van der Waals surface area contributed by atoms with Crippen LogP contribution in [0.4, 0.5) is 0 Å². The summed E-state index contributed by atoms with van der Waals surface area (Å²) in [7, 11) is 0. The van der Waals surface area contributed by atoms with Gasteiger partial charge in [-0.2, -0.15) is 0 Å². The molecule has 3 nitrogen and oxygen atoms in total. The Morgan fingerprint density at radius 2 is 2.38 bits per heavy atom. The molecule has 2 atom stereocenters. The van der Waals surface area contributed by atoms with Crippen LogP contribution in [0.3, 0.4) is 0 Å². The van der Waals surface area contributed by atoms with Crippen molar-refractivity contribution in [2.75, 3.05) is 0 Å². The highest BCUT2D eigenvalue weighted by molar-refractivity contribution is 5.82. The maximum absolute atomic E-state index is 11.8. The number of Topliss-reactive ketones (excluding diaryl/α,β-unsaturated/α-hetero) is 1. The molecule has 1 aliphatic carbocycles. The molecular formula is C13H19NO2. The first-order valence-corrected chi connectivity index (χ1v) is 6.07. The highest BCUT2D eigenvalue weighted by atomic mass is 16.5. The number of carbonyl (C=O) groups is 1. The monoisotopic (exact) mass is 221 g/mol. The lowest BCUT2D eigenvalue weighted by molar-refractivity contribution is -0.125. The molecular weight excluding hydrogens is 202 g/mol. The quantitative estimate of drug-likeness (QED) is 0.788. The summed E-state index contributed by atoms with van der Waals surface area (Å²) in [5, 5.41) is 3.68. The highest BCUT2D eigenvalue weighted by Gasteiger charge is 2.30. The molecule has 1 aromatic heterocycles. The number of carbonyl (C=O) groups excluding carboxylic acids is 1. The fourth-order valence-electron chi connectivity index (χ4n) is 2.56. The minimum absolute atomic E-state index is 0.181. The van der Waals surface area contributed by atoms with E-state index in [1.54, 1.807) is 12.5 Å². The molecule has 0 bridgehead atoms. The van der Waals surface area contributed by atoms with Gasteiger partial charge in [-0.25, -0.2) is 0 Å². The summed E-state index contributed by atoms with van der Waals surface area (Å²) in [5.74, 6) is 1.97. The Balaban J connectivity index is 1.99. The van der Waals surface area contributed by atoms with Gasteiger partial charge in [0.05, 0.1) is 6.20 Å². The van der Waals surface area contributed by atoms with Gasteiger partial charge in [-0.05, 0) is 31.1 Å². The third-order valence-electron chi connectivity index (χ3n) is 3.71. The summed E-state index contributed by atoms with van der Waals surface area (Å²) in [5.41, 5.74) is 1.04. The summed E-state index contributed by atoms with van der Waals surface area (Å²) in [4.78, 5) is 11.8. The van der Waals surface area contributed by atoms with Gasteiger partial charge in [0.2, 0.25) is 0 Å². The van der Waals surface area contributed by atoms with Crippen LogP contribution in [0.1, 0.15) is 38.7 Å². The predicted octanol–water partition coefficient (Wildman–Crippen LogP) is 2.86. The van der Waals surface area contributed by atoms with E-state index in [4.69, 9.17) is 4.52 Å². The van der Waals surface area contributed by atoms with Crippen molar-refractivity contribution in [3.63, 3.8) is 0 Å². The first kappa shape index (κ1) is 11.4. The number of nitrogens with zero attached hydrogens (tertiary/aromatic N) is 1. The van der Waals surface area contributed by atoms with E-state index < -0.39 is 0 Å². The van der Waals surface area contributed by atoms with Crippen LogP contribution >= 0.6 is 0 Å². The maximum Gasteiger partial charge on any atom is 0.136 e. The van der Waals surface area contributed by atoms with Crippen LogP contribution in [0.25, 0.3) is 0 Å². The van der Waals surface area contributed by atoms with Crippen LogP contribution in [0.2, 0.25) is 0 Å². The number of aromatic nitrogens is 1. The van der Waals surface area contributed by atoms with Gasteiger partial charge in [0, 0.05) is 17.9 Å². The van der Waals surface area contributed by atoms with E-state index in [0.717, 1.165) is 31.2 Å². The third-order valence-corrected chi connectivity index (χ3v) is 3.71. The summed E-state index contributed by atoms with van der Waals surface area (Å²) in [6, 6.07) is 0. The van der Waals surface area contributed by atoms with Crippen molar-refractivity contribution < 1.29 is 9.32 Å². The van der Waals surface area contributed by atoms with Gasteiger partial charge in [0.15, 0.2) is 0 Å². The molecule has 0 amide bonds. The van der Waals surface area contributed by atoms with Crippen LogP contribution in [0.15, 0.2) is 17.0 Å². The number of rotatable bonds is 3. The molecule has 1 heterocycles. The summed E-state index contributed by atoms with van der Waals surface area (Å²) in [6.45, 7) is 4.49. The highest BCUT2D eigenvalue weighted by Crippen LogP contribution is 2.33. The Morgan fingerprint density at radius 1 is 1.56 bits per heavy atom. The zero-order valence-electron chi connectivity index (χ0n) is 9.98. The van der Waals surface area contributed by atoms with Gasteiger partial charge < -0.3 is 4.52 Å². The Hall–Kier alpha value is -1.12. The van der Waals surface area contributed by atoms with Gasteiger partial charge in [0.1, 0.15) is 12.0 Å². The minimum atomic E-state index is 0.181. The average molecular weight is 221 g/mol. The molecule has 1 aliphatic rings. The SMILES string of the molecule is CC(C)C1CCC(=O)C(Cc2cnoc2)C1. The fourth-order valence-corrected chi connectivity index (χ4v) is 2.56. The summed E-state index contributed by atoms with van der Waals surface area (Å²) in [6.07, 6.45) is 7.00. The Labute approximate surface area is 96.2 Å². The zero-order valence-corrected chi connectivity index (χ0v) is 9.98. The molecule has 3 heteroatoms.